The van der Waals surface area contributed by atoms with Crippen LogP contribution in [0.4, 0.5) is 11.5 Å². The van der Waals surface area contributed by atoms with Crippen LogP contribution in [0.5, 0.6) is 0 Å². The van der Waals surface area contributed by atoms with Crippen LogP contribution in [0.2, 0.25) is 0 Å². The fourth-order valence-corrected chi connectivity index (χ4v) is 2.48. The van der Waals surface area contributed by atoms with Crippen LogP contribution >= 0.6 is 0 Å². The van der Waals surface area contributed by atoms with Crippen molar-refractivity contribution in [3.63, 3.8) is 0 Å². The maximum absolute atomic E-state index is 10.3. The maximum Gasteiger partial charge on any atom is 0.159 e. The summed E-state index contributed by atoms with van der Waals surface area (Å²) >= 11 is 0. The molecule has 3 N–H and O–H groups in total. The highest BCUT2D eigenvalue weighted by Gasteiger charge is 2.23. The number of nitrogens with zero attached hydrogens (tertiary/aromatic N) is 2. The predicted octanol–water partition coefficient (Wildman–Crippen LogP) is 3.27. The molecule has 5 heteroatoms. The molecular formula is C16H28N4O. The van der Waals surface area contributed by atoms with Crippen LogP contribution in [0.3, 0.4) is 0 Å². The number of anilines is 2. The summed E-state index contributed by atoms with van der Waals surface area (Å²) in [5, 5.41) is 17.1. The van der Waals surface area contributed by atoms with Crippen molar-refractivity contribution in [3.05, 3.63) is 11.5 Å². The molecule has 0 bridgehead atoms. The molecule has 0 saturated heterocycles. The monoisotopic (exact) mass is 292 g/mol. The van der Waals surface area contributed by atoms with E-state index in [-0.39, 0.29) is 5.54 Å². The van der Waals surface area contributed by atoms with Crippen LogP contribution < -0.4 is 10.6 Å². The number of nitrogens with one attached hydrogen (secondary N) is 2. The van der Waals surface area contributed by atoms with Crippen molar-refractivity contribution in [2.45, 2.75) is 71.4 Å². The van der Waals surface area contributed by atoms with Crippen molar-refractivity contribution >= 4 is 11.5 Å². The van der Waals surface area contributed by atoms with Crippen molar-refractivity contribution < 1.29 is 5.11 Å². The summed E-state index contributed by atoms with van der Waals surface area (Å²) in [4.78, 5) is 9.18. The lowest BCUT2D eigenvalue weighted by atomic mass is 10.1. The first-order valence-electron chi connectivity index (χ1n) is 8.01. The minimum atomic E-state index is -0.572. The van der Waals surface area contributed by atoms with Crippen LogP contribution in [0, 0.1) is 0 Å². The molecule has 2 rings (SSSR count). The van der Waals surface area contributed by atoms with Crippen molar-refractivity contribution in [3.8, 4) is 0 Å². The summed E-state index contributed by atoms with van der Waals surface area (Å²) in [5.74, 6) is 1.37. The fourth-order valence-electron chi connectivity index (χ4n) is 2.48. The molecule has 0 amide bonds. The Morgan fingerprint density at radius 1 is 1.33 bits per heavy atom. The van der Waals surface area contributed by atoms with Crippen LogP contribution in [0.1, 0.15) is 71.0 Å². The molecule has 1 aromatic heterocycles. The Bertz CT molecular complexity index is 482. The van der Waals surface area contributed by atoms with Gasteiger partial charge in [0, 0.05) is 12.1 Å². The van der Waals surface area contributed by atoms with Gasteiger partial charge in [-0.15, -0.1) is 0 Å². The van der Waals surface area contributed by atoms with Gasteiger partial charge in [0.1, 0.15) is 6.10 Å². The van der Waals surface area contributed by atoms with Gasteiger partial charge in [0.05, 0.1) is 11.4 Å². The van der Waals surface area contributed by atoms with E-state index in [1.807, 2.05) is 0 Å². The summed E-state index contributed by atoms with van der Waals surface area (Å²) < 4.78 is 0. The zero-order valence-corrected chi connectivity index (χ0v) is 13.7. The Morgan fingerprint density at radius 2 is 2.10 bits per heavy atom. The molecule has 1 aliphatic heterocycles. The van der Waals surface area contributed by atoms with E-state index in [2.05, 4.69) is 48.3 Å². The fraction of sp³-hybridized carbons (Fsp3) is 0.750. The van der Waals surface area contributed by atoms with Gasteiger partial charge in [-0.2, -0.15) is 0 Å². The third-order valence-electron chi connectivity index (χ3n) is 3.52. The molecule has 21 heavy (non-hydrogen) atoms. The SMILES string of the molecule is CCCCC(O)c1nc2c(c(NC(C)(C)C)n1)NCCC2. The zero-order valence-electron chi connectivity index (χ0n) is 13.7. The first-order chi connectivity index (χ1) is 9.90. The highest BCUT2D eigenvalue weighted by molar-refractivity contribution is 5.68. The number of aliphatic hydroxyl groups is 1. The van der Waals surface area contributed by atoms with Gasteiger partial charge in [0.2, 0.25) is 0 Å². The number of rotatable bonds is 5. The van der Waals surface area contributed by atoms with Gasteiger partial charge < -0.3 is 15.7 Å². The van der Waals surface area contributed by atoms with Gasteiger partial charge in [-0.25, -0.2) is 9.97 Å². The first-order valence-corrected chi connectivity index (χ1v) is 8.01. The molecule has 5 nitrogen and oxygen atoms in total. The molecule has 0 spiro atoms. The van der Waals surface area contributed by atoms with Crippen LogP contribution in [-0.2, 0) is 6.42 Å². The van der Waals surface area contributed by atoms with Crippen molar-refractivity contribution in [2.75, 3.05) is 17.2 Å². The minimum Gasteiger partial charge on any atom is -0.385 e. The zero-order chi connectivity index (χ0) is 15.5. The number of aromatic nitrogens is 2. The summed E-state index contributed by atoms with van der Waals surface area (Å²) in [6, 6.07) is 0. The van der Waals surface area contributed by atoms with Crippen LogP contribution in [0.25, 0.3) is 0 Å². The van der Waals surface area contributed by atoms with E-state index in [1.165, 1.54) is 0 Å². The molecule has 0 aromatic carbocycles. The van der Waals surface area contributed by atoms with Gasteiger partial charge in [-0.05, 0) is 40.0 Å². The Labute approximate surface area is 127 Å². The molecule has 1 aromatic rings. The molecule has 0 fully saturated rings. The van der Waals surface area contributed by atoms with Crippen LogP contribution in [0.15, 0.2) is 0 Å². The minimum absolute atomic E-state index is 0.0765. The maximum atomic E-state index is 10.3. The number of aryl methyl sites for hydroxylation is 1. The Hall–Kier alpha value is -1.36. The highest BCUT2D eigenvalue weighted by atomic mass is 16.3. The van der Waals surface area contributed by atoms with E-state index in [0.29, 0.717) is 5.82 Å². The molecule has 2 heterocycles. The normalized spacial score (nSPS) is 16.0. The summed E-state index contributed by atoms with van der Waals surface area (Å²) in [5.41, 5.74) is 1.95. The lowest BCUT2D eigenvalue weighted by molar-refractivity contribution is 0.154. The van der Waals surface area contributed by atoms with Crippen molar-refractivity contribution in [2.24, 2.45) is 0 Å². The second-order valence-electron chi connectivity index (χ2n) is 6.82. The average Bonchev–Trinajstić information content (AvgIpc) is 2.43. The van der Waals surface area contributed by atoms with Gasteiger partial charge >= 0.3 is 0 Å². The lowest BCUT2D eigenvalue weighted by Crippen LogP contribution is -2.29. The number of fused-ring (bicyclic) bond motifs is 1. The molecule has 0 aliphatic carbocycles. The molecule has 0 radical (unpaired) electrons. The largest absolute Gasteiger partial charge is 0.385 e. The number of hydrogen-bond donors (Lipinski definition) is 3. The van der Waals surface area contributed by atoms with Gasteiger partial charge in [-0.1, -0.05) is 19.8 Å². The van der Waals surface area contributed by atoms with Gasteiger partial charge in [0.25, 0.3) is 0 Å². The Morgan fingerprint density at radius 3 is 2.76 bits per heavy atom. The predicted molar refractivity (Wildman–Crippen MR) is 86.7 cm³/mol. The standard InChI is InChI=1S/C16H28N4O/c1-5-6-9-12(21)14-18-11-8-7-10-17-13(11)15(19-14)20-16(2,3)4/h12,17,21H,5-10H2,1-4H3,(H,18,19,20). The number of unbranched alkanes of at least 4 members (excludes halogenated alkanes) is 1. The Balaban J connectivity index is 2.32. The summed E-state index contributed by atoms with van der Waals surface area (Å²) in [7, 11) is 0. The number of aliphatic hydroxyl groups excluding tert-OH is 1. The third-order valence-corrected chi connectivity index (χ3v) is 3.52. The van der Waals surface area contributed by atoms with Crippen molar-refractivity contribution in [1.29, 1.82) is 0 Å². The topological polar surface area (TPSA) is 70.1 Å². The molecule has 118 valence electrons. The molecule has 1 atom stereocenters. The molecule has 1 aliphatic rings. The highest BCUT2D eigenvalue weighted by Crippen LogP contribution is 2.31. The van der Waals surface area contributed by atoms with E-state index in [1.54, 1.807) is 0 Å². The van der Waals surface area contributed by atoms with Crippen molar-refractivity contribution in [1.82, 2.24) is 9.97 Å². The van der Waals surface area contributed by atoms with Gasteiger partial charge in [0.15, 0.2) is 11.6 Å². The lowest BCUT2D eigenvalue weighted by Gasteiger charge is -2.27. The van der Waals surface area contributed by atoms with Crippen LogP contribution in [-0.4, -0.2) is 27.2 Å². The molecule has 1 unspecified atom stereocenters. The Kier molecular flexibility index (Phi) is 5.04. The average molecular weight is 292 g/mol. The second kappa shape index (κ2) is 6.60. The second-order valence-corrected chi connectivity index (χ2v) is 6.82. The van der Waals surface area contributed by atoms with E-state index < -0.39 is 6.10 Å². The summed E-state index contributed by atoms with van der Waals surface area (Å²) in [6.45, 7) is 9.40. The van der Waals surface area contributed by atoms with Gasteiger partial charge in [-0.3, -0.25) is 0 Å². The third kappa shape index (κ3) is 4.30. The smallest absolute Gasteiger partial charge is 0.159 e. The molecular weight excluding hydrogens is 264 g/mol. The van der Waals surface area contributed by atoms with E-state index >= 15 is 0 Å². The molecule has 0 saturated carbocycles. The van der Waals surface area contributed by atoms with E-state index in [0.717, 1.165) is 55.8 Å². The summed E-state index contributed by atoms with van der Waals surface area (Å²) in [6.07, 6.45) is 4.22. The quantitative estimate of drug-likeness (QED) is 0.777. The number of hydrogen-bond acceptors (Lipinski definition) is 5. The first kappa shape index (κ1) is 16.0. The van der Waals surface area contributed by atoms with E-state index in [9.17, 15) is 5.11 Å². The van der Waals surface area contributed by atoms with E-state index in [4.69, 9.17) is 0 Å².